The van der Waals surface area contributed by atoms with E-state index in [1.54, 1.807) is 17.0 Å². The van der Waals surface area contributed by atoms with Gasteiger partial charge in [-0.2, -0.15) is 0 Å². The van der Waals surface area contributed by atoms with Crippen molar-refractivity contribution in [2.45, 2.75) is 32.6 Å². The summed E-state index contributed by atoms with van der Waals surface area (Å²) in [6.45, 7) is 6.07. The third-order valence-electron chi connectivity index (χ3n) is 5.60. The van der Waals surface area contributed by atoms with Gasteiger partial charge in [0.25, 0.3) is 5.91 Å². The van der Waals surface area contributed by atoms with E-state index < -0.39 is 5.82 Å². The number of nitrogens with zero attached hydrogens (tertiary/aromatic N) is 4. The topological polar surface area (TPSA) is 49.3 Å². The van der Waals surface area contributed by atoms with Gasteiger partial charge in [0.05, 0.1) is 5.56 Å². The summed E-state index contributed by atoms with van der Waals surface area (Å²) in [7, 11) is 0. The molecular formula is C24H27FN4OS. The number of benzene rings is 2. The Balaban J connectivity index is 1.50. The molecule has 7 heteroatoms. The van der Waals surface area contributed by atoms with Gasteiger partial charge in [-0.05, 0) is 50.0 Å². The summed E-state index contributed by atoms with van der Waals surface area (Å²) in [6, 6.07) is 14.5. The van der Waals surface area contributed by atoms with Crippen LogP contribution < -0.4 is 4.90 Å². The van der Waals surface area contributed by atoms with Gasteiger partial charge in [-0.15, -0.1) is 10.2 Å². The zero-order valence-corrected chi connectivity index (χ0v) is 18.6. The molecule has 0 bridgehead atoms. The Bertz CT molecular complexity index is 1020. The molecule has 1 amide bonds. The molecule has 1 saturated heterocycles. The zero-order chi connectivity index (χ0) is 21.6. The van der Waals surface area contributed by atoms with Gasteiger partial charge in [-0.1, -0.05) is 61.1 Å². The van der Waals surface area contributed by atoms with Gasteiger partial charge >= 0.3 is 0 Å². The molecule has 1 fully saturated rings. The van der Waals surface area contributed by atoms with Gasteiger partial charge in [0.2, 0.25) is 5.13 Å². The molecule has 3 aromatic rings. The highest BCUT2D eigenvalue weighted by Gasteiger charge is 2.23. The monoisotopic (exact) mass is 438 g/mol. The number of rotatable bonds is 9. The molecule has 4 rings (SSSR count). The van der Waals surface area contributed by atoms with Crippen LogP contribution in [0.4, 0.5) is 9.52 Å². The number of amides is 1. The Morgan fingerprint density at radius 3 is 2.58 bits per heavy atom. The number of unbranched alkanes of at least 4 members (excludes halogenated alkanes) is 1. The number of hydrogen-bond donors (Lipinski definition) is 0. The van der Waals surface area contributed by atoms with Crippen LogP contribution in [0.3, 0.4) is 0 Å². The van der Waals surface area contributed by atoms with Crippen molar-refractivity contribution in [3.8, 4) is 10.6 Å². The van der Waals surface area contributed by atoms with Gasteiger partial charge < -0.3 is 4.90 Å². The second kappa shape index (κ2) is 10.1. The van der Waals surface area contributed by atoms with Crippen LogP contribution in [-0.4, -0.2) is 47.2 Å². The maximum absolute atomic E-state index is 14.2. The van der Waals surface area contributed by atoms with Crippen molar-refractivity contribution in [2.75, 3.05) is 31.1 Å². The van der Waals surface area contributed by atoms with Crippen molar-refractivity contribution in [1.29, 1.82) is 0 Å². The van der Waals surface area contributed by atoms with Crippen LogP contribution in [0.2, 0.25) is 0 Å². The van der Waals surface area contributed by atoms with Crippen molar-refractivity contribution in [3.05, 3.63) is 65.5 Å². The lowest BCUT2D eigenvalue weighted by Gasteiger charge is -2.30. The molecule has 2 heterocycles. The number of halogens is 1. The van der Waals surface area contributed by atoms with Crippen molar-refractivity contribution >= 4 is 22.4 Å². The number of carbonyl (C=O) groups excluding carboxylic acids is 1. The molecule has 0 radical (unpaired) electrons. The number of likely N-dealkylation sites (tertiary alicyclic amines) is 1. The highest BCUT2D eigenvalue weighted by atomic mass is 32.1. The molecule has 0 saturated carbocycles. The van der Waals surface area contributed by atoms with Gasteiger partial charge in [0.15, 0.2) is 0 Å². The van der Waals surface area contributed by atoms with E-state index in [9.17, 15) is 9.18 Å². The predicted octanol–water partition coefficient (Wildman–Crippen LogP) is 5.04. The Hall–Kier alpha value is -2.64. The Morgan fingerprint density at radius 1 is 1.13 bits per heavy atom. The minimum Gasteiger partial charge on any atom is -0.303 e. The van der Waals surface area contributed by atoms with E-state index in [1.165, 1.54) is 48.5 Å². The largest absolute Gasteiger partial charge is 0.303 e. The van der Waals surface area contributed by atoms with E-state index in [2.05, 4.69) is 46.3 Å². The molecule has 1 aromatic heterocycles. The van der Waals surface area contributed by atoms with Crippen molar-refractivity contribution in [2.24, 2.45) is 0 Å². The van der Waals surface area contributed by atoms with E-state index in [-0.39, 0.29) is 11.5 Å². The van der Waals surface area contributed by atoms with Crippen molar-refractivity contribution in [1.82, 2.24) is 15.1 Å². The summed E-state index contributed by atoms with van der Waals surface area (Å²) in [5.41, 5.74) is 2.34. The lowest BCUT2D eigenvalue weighted by Crippen LogP contribution is -2.38. The lowest BCUT2D eigenvalue weighted by molar-refractivity contribution is 0.0982. The third kappa shape index (κ3) is 5.17. The molecule has 5 nitrogen and oxygen atoms in total. The highest BCUT2D eigenvalue weighted by molar-refractivity contribution is 7.18. The molecule has 2 aromatic carbocycles. The summed E-state index contributed by atoms with van der Waals surface area (Å²) in [6.07, 6.45) is 4.09. The average molecular weight is 439 g/mol. The number of anilines is 1. The molecular weight excluding hydrogens is 411 g/mol. The number of hydrogen-bond acceptors (Lipinski definition) is 5. The van der Waals surface area contributed by atoms with E-state index in [0.29, 0.717) is 11.7 Å². The van der Waals surface area contributed by atoms with Crippen LogP contribution in [0.15, 0.2) is 48.5 Å². The number of carbonyl (C=O) groups is 1. The summed E-state index contributed by atoms with van der Waals surface area (Å²) in [5, 5.41) is 9.84. The molecule has 31 heavy (non-hydrogen) atoms. The smallest absolute Gasteiger partial charge is 0.263 e. The Morgan fingerprint density at radius 2 is 1.90 bits per heavy atom. The van der Waals surface area contributed by atoms with Crippen LogP contribution in [0.1, 0.15) is 42.1 Å². The molecule has 1 aliphatic heterocycles. The predicted molar refractivity (Wildman–Crippen MR) is 123 cm³/mol. The molecule has 1 aliphatic rings. The zero-order valence-electron chi connectivity index (χ0n) is 17.8. The summed E-state index contributed by atoms with van der Waals surface area (Å²) < 4.78 is 14.2. The van der Waals surface area contributed by atoms with Crippen molar-refractivity contribution in [3.63, 3.8) is 0 Å². The first-order chi connectivity index (χ1) is 15.2. The normalized spacial score (nSPS) is 13.7. The maximum atomic E-state index is 14.2. The third-order valence-corrected chi connectivity index (χ3v) is 6.59. The minimum absolute atomic E-state index is 0.0573. The highest BCUT2D eigenvalue weighted by Crippen LogP contribution is 2.30. The van der Waals surface area contributed by atoms with Crippen LogP contribution in [0.5, 0.6) is 0 Å². The fraction of sp³-hybridized carbons (Fsp3) is 0.375. The van der Waals surface area contributed by atoms with Gasteiger partial charge in [0.1, 0.15) is 10.8 Å². The Labute approximate surface area is 186 Å². The summed E-state index contributed by atoms with van der Waals surface area (Å²) >= 11 is 1.36. The standard InChI is InChI=1S/C24H27FN4OS/c1-2-3-16-29(23(30)20-7-4-5-8-21(20)25)24-27-26-22(31-24)19-11-9-18(10-12-19)13-17-28-14-6-15-28/h4-5,7-12H,2-3,6,13-17H2,1H3. The van der Waals surface area contributed by atoms with E-state index in [4.69, 9.17) is 0 Å². The van der Waals surface area contributed by atoms with Crippen LogP contribution in [0.25, 0.3) is 10.6 Å². The van der Waals surface area contributed by atoms with E-state index in [0.717, 1.165) is 36.4 Å². The van der Waals surface area contributed by atoms with E-state index >= 15 is 0 Å². The molecule has 162 valence electrons. The quantitative estimate of drug-likeness (QED) is 0.470. The Kier molecular flexibility index (Phi) is 7.04. The summed E-state index contributed by atoms with van der Waals surface area (Å²) in [5.74, 6) is -0.900. The molecule has 0 spiro atoms. The van der Waals surface area contributed by atoms with Gasteiger partial charge in [-0.25, -0.2) is 4.39 Å². The van der Waals surface area contributed by atoms with Crippen LogP contribution in [-0.2, 0) is 6.42 Å². The molecule has 0 aliphatic carbocycles. The molecule has 0 N–H and O–H groups in total. The van der Waals surface area contributed by atoms with Crippen LogP contribution in [0, 0.1) is 5.82 Å². The average Bonchev–Trinajstić information content (AvgIpc) is 3.23. The van der Waals surface area contributed by atoms with Crippen LogP contribution >= 0.6 is 11.3 Å². The fourth-order valence-electron chi connectivity index (χ4n) is 3.53. The second-order valence-electron chi connectivity index (χ2n) is 7.82. The van der Waals surface area contributed by atoms with Gasteiger partial charge in [0, 0.05) is 18.7 Å². The minimum atomic E-state index is -0.521. The SMILES string of the molecule is CCCCN(C(=O)c1ccccc1F)c1nnc(-c2ccc(CCN3CCC3)cc2)s1. The first-order valence-corrected chi connectivity index (χ1v) is 11.7. The summed E-state index contributed by atoms with van der Waals surface area (Å²) in [4.78, 5) is 17.0. The fourth-order valence-corrected chi connectivity index (χ4v) is 4.40. The van der Waals surface area contributed by atoms with Gasteiger partial charge in [-0.3, -0.25) is 9.69 Å². The molecule has 0 atom stereocenters. The number of aromatic nitrogens is 2. The lowest BCUT2D eigenvalue weighted by atomic mass is 10.1. The first kappa shape index (κ1) is 21.6. The second-order valence-corrected chi connectivity index (χ2v) is 8.78. The molecule has 0 unspecified atom stereocenters. The van der Waals surface area contributed by atoms with E-state index in [1.807, 2.05) is 0 Å². The maximum Gasteiger partial charge on any atom is 0.263 e. The first-order valence-electron chi connectivity index (χ1n) is 10.9. The van der Waals surface area contributed by atoms with Crippen molar-refractivity contribution < 1.29 is 9.18 Å².